The summed E-state index contributed by atoms with van der Waals surface area (Å²) >= 11 is 0. The lowest BCUT2D eigenvalue weighted by molar-refractivity contribution is -0.151. The molecular formula is C52H101NO5. The number of carbonyl (C=O) groups excluding carboxylic acids is 2. The topological polar surface area (TPSA) is 95.9 Å². The number of esters is 1. The largest absolute Gasteiger partial charge is 0.462 e. The lowest BCUT2D eigenvalue weighted by Crippen LogP contribution is -2.46. The summed E-state index contributed by atoms with van der Waals surface area (Å²) in [4.78, 5) is 26.1. The number of unbranched alkanes of at least 4 members (excludes halogenated alkanes) is 33. The maximum atomic E-state index is 13.2. The van der Waals surface area contributed by atoms with Crippen LogP contribution in [-0.2, 0) is 14.3 Å². The van der Waals surface area contributed by atoms with Gasteiger partial charge in [-0.3, -0.25) is 9.59 Å². The lowest BCUT2D eigenvalue weighted by Gasteiger charge is -2.24. The number of hydrogen-bond donors (Lipinski definition) is 3. The molecule has 6 nitrogen and oxygen atoms in total. The average Bonchev–Trinajstić information content (AvgIpc) is 3.22. The highest BCUT2D eigenvalue weighted by Crippen LogP contribution is 2.18. The van der Waals surface area contributed by atoms with Gasteiger partial charge in [-0.2, -0.15) is 0 Å². The molecule has 0 rings (SSSR count). The predicted octanol–water partition coefficient (Wildman–Crippen LogP) is 15.3. The smallest absolute Gasteiger partial charge is 0.306 e. The zero-order chi connectivity index (χ0) is 42.4. The van der Waals surface area contributed by atoms with Gasteiger partial charge in [0.05, 0.1) is 25.2 Å². The molecule has 0 spiro atoms. The van der Waals surface area contributed by atoms with Gasteiger partial charge in [0.25, 0.3) is 0 Å². The molecule has 0 aromatic heterocycles. The first-order valence-electron chi connectivity index (χ1n) is 25.9. The molecule has 0 saturated carbocycles. The fraction of sp³-hybridized carbons (Fsp3) is 0.923. The number of rotatable bonds is 47. The minimum absolute atomic E-state index is 0.0635. The van der Waals surface area contributed by atoms with E-state index in [1.165, 1.54) is 186 Å². The summed E-state index contributed by atoms with van der Waals surface area (Å²) in [5.74, 6) is -0.487. The molecule has 0 heterocycles. The second kappa shape index (κ2) is 46.7. The first-order chi connectivity index (χ1) is 28.5. The summed E-state index contributed by atoms with van der Waals surface area (Å²) < 4.78 is 5.91. The van der Waals surface area contributed by atoms with Gasteiger partial charge in [-0.15, -0.1) is 0 Å². The first-order valence-corrected chi connectivity index (χ1v) is 25.9. The number of allylic oxidation sites excluding steroid dienone is 2. The van der Waals surface area contributed by atoms with Crippen LogP contribution in [0.15, 0.2) is 12.2 Å². The van der Waals surface area contributed by atoms with E-state index in [0.29, 0.717) is 19.3 Å². The standard InChI is InChI=1S/C52H101NO5/c1-4-7-10-13-16-19-22-24-25-27-30-33-36-39-42-45-52(57)58-48(43-40-37-34-31-28-21-18-15-12-9-6-3)46-51(56)53-49(47-54)50(55)44-41-38-35-32-29-26-23-20-17-14-11-8-5-2/h31,34,48-50,54-55H,4-30,32-33,35-47H2,1-3H3,(H,53,56)/b34-31-. The number of amides is 1. The van der Waals surface area contributed by atoms with Crippen LogP contribution in [0.2, 0.25) is 0 Å². The second-order valence-electron chi connectivity index (χ2n) is 17.9. The minimum Gasteiger partial charge on any atom is -0.462 e. The normalized spacial score (nSPS) is 13.3. The Hall–Kier alpha value is -1.40. The van der Waals surface area contributed by atoms with Gasteiger partial charge in [-0.05, 0) is 44.9 Å². The van der Waals surface area contributed by atoms with Crippen LogP contribution in [-0.4, -0.2) is 46.9 Å². The van der Waals surface area contributed by atoms with E-state index in [-0.39, 0.29) is 24.9 Å². The molecular weight excluding hydrogens is 719 g/mol. The van der Waals surface area contributed by atoms with E-state index in [9.17, 15) is 19.8 Å². The first kappa shape index (κ1) is 56.6. The van der Waals surface area contributed by atoms with Gasteiger partial charge >= 0.3 is 5.97 Å². The molecule has 0 aliphatic rings. The lowest BCUT2D eigenvalue weighted by atomic mass is 10.0. The number of aliphatic hydroxyl groups is 2. The van der Waals surface area contributed by atoms with E-state index in [2.05, 4.69) is 38.2 Å². The third-order valence-corrected chi connectivity index (χ3v) is 12.1. The number of ether oxygens (including phenoxy) is 1. The van der Waals surface area contributed by atoms with Crippen LogP contribution < -0.4 is 5.32 Å². The number of hydrogen-bond acceptors (Lipinski definition) is 5. The Kier molecular flexibility index (Phi) is 45.5. The van der Waals surface area contributed by atoms with E-state index in [1.54, 1.807) is 0 Å². The van der Waals surface area contributed by atoms with Crippen LogP contribution in [0.1, 0.15) is 284 Å². The van der Waals surface area contributed by atoms with Crippen LogP contribution >= 0.6 is 0 Å². The van der Waals surface area contributed by atoms with Crippen molar-refractivity contribution < 1.29 is 24.5 Å². The van der Waals surface area contributed by atoms with Crippen molar-refractivity contribution in [2.45, 2.75) is 302 Å². The Morgan fingerprint density at radius 2 is 0.845 bits per heavy atom. The zero-order valence-electron chi connectivity index (χ0n) is 39.2. The van der Waals surface area contributed by atoms with E-state index in [4.69, 9.17) is 4.74 Å². The third kappa shape index (κ3) is 41.3. The zero-order valence-corrected chi connectivity index (χ0v) is 39.2. The summed E-state index contributed by atoms with van der Waals surface area (Å²) in [7, 11) is 0. The summed E-state index contributed by atoms with van der Waals surface area (Å²) in [6, 6.07) is -0.702. The predicted molar refractivity (Wildman–Crippen MR) is 250 cm³/mol. The van der Waals surface area contributed by atoms with E-state index >= 15 is 0 Å². The number of carbonyl (C=O) groups is 2. The van der Waals surface area contributed by atoms with Crippen molar-refractivity contribution in [1.29, 1.82) is 0 Å². The molecule has 58 heavy (non-hydrogen) atoms. The highest BCUT2D eigenvalue weighted by atomic mass is 16.5. The summed E-state index contributed by atoms with van der Waals surface area (Å²) in [6.45, 7) is 6.48. The minimum atomic E-state index is -0.787. The van der Waals surface area contributed by atoms with Crippen LogP contribution in [0.3, 0.4) is 0 Å². The molecule has 0 aliphatic heterocycles. The SMILES string of the molecule is CCCCCCCC/C=C\CCCC(CC(=O)NC(CO)C(O)CCCCCCCCCCCCCCC)OC(=O)CCCCCCCCCCCCCCCCC. The van der Waals surface area contributed by atoms with Crippen molar-refractivity contribution in [2.24, 2.45) is 0 Å². The van der Waals surface area contributed by atoms with Gasteiger partial charge < -0.3 is 20.3 Å². The van der Waals surface area contributed by atoms with Crippen molar-refractivity contribution in [1.82, 2.24) is 5.32 Å². The molecule has 0 aliphatic carbocycles. The number of aliphatic hydroxyl groups excluding tert-OH is 2. The monoisotopic (exact) mass is 820 g/mol. The Morgan fingerprint density at radius 1 is 0.483 bits per heavy atom. The molecule has 3 atom stereocenters. The van der Waals surface area contributed by atoms with Gasteiger partial charge in [-0.1, -0.05) is 238 Å². The van der Waals surface area contributed by atoms with Gasteiger partial charge in [0.15, 0.2) is 0 Å². The van der Waals surface area contributed by atoms with Gasteiger partial charge in [0, 0.05) is 6.42 Å². The molecule has 0 bridgehead atoms. The Balaban J connectivity index is 4.51. The van der Waals surface area contributed by atoms with Crippen LogP contribution in [0.5, 0.6) is 0 Å². The molecule has 1 amide bonds. The summed E-state index contributed by atoms with van der Waals surface area (Å²) in [6.07, 6.45) is 51.3. The van der Waals surface area contributed by atoms with E-state index in [0.717, 1.165) is 51.4 Å². The third-order valence-electron chi connectivity index (χ3n) is 12.1. The molecule has 0 saturated heterocycles. The van der Waals surface area contributed by atoms with Crippen molar-refractivity contribution >= 4 is 11.9 Å². The molecule has 0 aromatic rings. The second-order valence-corrected chi connectivity index (χ2v) is 17.9. The van der Waals surface area contributed by atoms with E-state index in [1.807, 2.05) is 0 Å². The molecule has 6 heteroatoms. The van der Waals surface area contributed by atoms with Crippen molar-refractivity contribution in [3.05, 3.63) is 12.2 Å². The van der Waals surface area contributed by atoms with Crippen LogP contribution in [0.4, 0.5) is 0 Å². The molecule has 3 N–H and O–H groups in total. The highest BCUT2D eigenvalue weighted by molar-refractivity contribution is 5.77. The maximum Gasteiger partial charge on any atom is 0.306 e. The van der Waals surface area contributed by atoms with Crippen LogP contribution in [0, 0.1) is 0 Å². The van der Waals surface area contributed by atoms with Gasteiger partial charge in [0.1, 0.15) is 6.10 Å². The maximum absolute atomic E-state index is 13.2. The molecule has 0 fully saturated rings. The van der Waals surface area contributed by atoms with Crippen molar-refractivity contribution in [3.8, 4) is 0 Å². The van der Waals surface area contributed by atoms with Gasteiger partial charge in [-0.25, -0.2) is 0 Å². The van der Waals surface area contributed by atoms with Crippen molar-refractivity contribution in [2.75, 3.05) is 6.61 Å². The summed E-state index contributed by atoms with van der Waals surface area (Å²) in [5.41, 5.74) is 0. The molecule has 3 unspecified atom stereocenters. The average molecular weight is 820 g/mol. The fourth-order valence-corrected chi connectivity index (χ4v) is 8.14. The molecule has 0 radical (unpaired) electrons. The fourth-order valence-electron chi connectivity index (χ4n) is 8.14. The quantitative estimate of drug-likeness (QED) is 0.0323. The van der Waals surface area contributed by atoms with Crippen LogP contribution in [0.25, 0.3) is 0 Å². The highest BCUT2D eigenvalue weighted by Gasteiger charge is 2.24. The Morgan fingerprint density at radius 3 is 1.26 bits per heavy atom. The summed E-state index contributed by atoms with van der Waals surface area (Å²) in [5, 5.41) is 23.7. The van der Waals surface area contributed by atoms with E-state index < -0.39 is 18.2 Å². The molecule has 344 valence electrons. The van der Waals surface area contributed by atoms with Crippen molar-refractivity contribution in [3.63, 3.8) is 0 Å². The van der Waals surface area contributed by atoms with Gasteiger partial charge in [0.2, 0.25) is 5.91 Å². The number of nitrogens with one attached hydrogen (secondary N) is 1. The Bertz CT molecular complexity index is 878. The Labute approximate surface area is 361 Å². The molecule has 0 aromatic carbocycles.